The predicted octanol–water partition coefficient (Wildman–Crippen LogP) is 4.66. The first-order chi connectivity index (χ1) is 10.6. The van der Waals surface area contributed by atoms with Crippen molar-refractivity contribution in [3.63, 3.8) is 0 Å². The Hall–Kier alpha value is -1.55. The number of fused-ring (bicyclic) bond motifs is 1. The Labute approximate surface area is 143 Å². The molecule has 2 aromatic rings. The maximum Gasteiger partial charge on any atom is 0.230 e. The van der Waals surface area contributed by atoms with Crippen molar-refractivity contribution in [2.24, 2.45) is 5.41 Å². The van der Waals surface area contributed by atoms with Gasteiger partial charge in [0.15, 0.2) is 0 Å². The topological polar surface area (TPSA) is 42.0 Å². The zero-order valence-corrected chi connectivity index (χ0v) is 15.5. The van der Waals surface area contributed by atoms with Crippen LogP contribution in [0, 0.1) is 5.41 Å². The largest absolute Gasteiger partial charge is 0.350 e. The van der Waals surface area contributed by atoms with Gasteiger partial charge in [-0.15, -0.1) is 0 Å². The minimum Gasteiger partial charge on any atom is -0.350 e. The van der Waals surface area contributed by atoms with Gasteiger partial charge in [-0.25, -0.2) is 4.98 Å². The molecule has 0 saturated carbocycles. The van der Waals surface area contributed by atoms with Gasteiger partial charge in [0.25, 0.3) is 0 Å². The third-order valence-electron chi connectivity index (χ3n) is 3.37. The van der Waals surface area contributed by atoms with Crippen LogP contribution in [0.25, 0.3) is 10.9 Å². The smallest absolute Gasteiger partial charge is 0.230 e. The SMILES string of the molecule is CC(C)(C)CC(C)(C)NC(=O)CSc1ccc2ccccc2n1. The minimum atomic E-state index is -0.202. The van der Waals surface area contributed by atoms with Gasteiger partial charge in [0.2, 0.25) is 5.91 Å². The number of aromatic nitrogens is 1. The summed E-state index contributed by atoms with van der Waals surface area (Å²) in [6, 6.07) is 12.0. The van der Waals surface area contributed by atoms with E-state index in [1.165, 1.54) is 11.8 Å². The number of benzene rings is 1. The van der Waals surface area contributed by atoms with Crippen molar-refractivity contribution < 1.29 is 4.79 Å². The molecule has 0 atom stereocenters. The van der Waals surface area contributed by atoms with Crippen molar-refractivity contribution in [3.05, 3.63) is 36.4 Å². The number of pyridine rings is 1. The van der Waals surface area contributed by atoms with Gasteiger partial charge in [0.1, 0.15) is 0 Å². The molecule has 3 nitrogen and oxygen atoms in total. The molecular weight excluding hydrogens is 304 g/mol. The van der Waals surface area contributed by atoms with E-state index in [1.54, 1.807) is 0 Å². The van der Waals surface area contributed by atoms with Crippen LogP contribution in [0.15, 0.2) is 41.4 Å². The Morgan fingerprint density at radius 3 is 2.48 bits per heavy atom. The Kier molecular flexibility index (Phi) is 5.35. The zero-order valence-electron chi connectivity index (χ0n) is 14.6. The number of carbonyl (C=O) groups is 1. The number of thioether (sulfide) groups is 1. The lowest BCUT2D eigenvalue weighted by Gasteiger charge is -2.33. The van der Waals surface area contributed by atoms with Gasteiger partial charge in [-0.3, -0.25) is 4.79 Å². The fourth-order valence-corrected chi connectivity index (χ4v) is 3.73. The van der Waals surface area contributed by atoms with Crippen LogP contribution in [0.3, 0.4) is 0 Å². The van der Waals surface area contributed by atoms with E-state index in [9.17, 15) is 4.79 Å². The molecule has 1 heterocycles. The number of hydrogen-bond donors (Lipinski definition) is 1. The monoisotopic (exact) mass is 330 g/mol. The van der Waals surface area contributed by atoms with Crippen LogP contribution in [0.4, 0.5) is 0 Å². The number of para-hydroxylation sites is 1. The summed E-state index contributed by atoms with van der Waals surface area (Å²) in [4.78, 5) is 16.8. The fraction of sp³-hybridized carbons (Fsp3) is 0.474. The molecule has 124 valence electrons. The fourth-order valence-electron chi connectivity index (χ4n) is 3.05. The van der Waals surface area contributed by atoms with Crippen molar-refractivity contribution in [2.45, 2.75) is 51.6 Å². The molecule has 0 unspecified atom stereocenters. The molecule has 4 heteroatoms. The number of nitrogens with zero attached hydrogens (tertiary/aromatic N) is 1. The Morgan fingerprint density at radius 1 is 1.09 bits per heavy atom. The van der Waals surface area contributed by atoms with Gasteiger partial charge in [0.05, 0.1) is 16.3 Å². The quantitative estimate of drug-likeness (QED) is 0.811. The Morgan fingerprint density at radius 2 is 1.78 bits per heavy atom. The van der Waals surface area contributed by atoms with E-state index in [4.69, 9.17) is 0 Å². The van der Waals surface area contributed by atoms with Crippen LogP contribution in [0.5, 0.6) is 0 Å². The molecule has 23 heavy (non-hydrogen) atoms. The summed E-state index contributed by atoms with van der Waals surface area (Å²) in [6.07, 6.45) is 0.935. The minimum absolute atomic E-state index is 0.0548. The first-order valence-electron chi connectivity index (χ1n) is 7.94. The third kappa shape index (κ3) is 5.87. The third-order valence-corrected chi connectivity index (χ3v) is 4.30. The van der Waals surface area contributed by atoms with Crippen LogP contribution in [0.2, 0.25) is 0 Å². The summed E-state index contributed by atoms with van der Waals surface area (Å²) in [5.74, 6) is 0.443. The molecule has 0 aliphatic rings. The Balaban J connectivity index is 1.92. The molecule has 0 saturated heterocycles. The highest BCUT2D eigenvalue weighted by Crippen LogP contribution is 2.27. The molecule has 1 amide bonds. The van der Waals surface area contributed by atoms with Gasteiger partial charge >= 0.3 is 0 Å². The summed E-state index contributed by atoms with van der Waals surface area (Å²) in [6.45, 7) is 10.7. The lowest BCUT2D eigenvalue weighted by Crippen LogP contribution is -2.46. The summed E-state index contributed by atoms with van der Waals surface area (Å²) in [7, 11) is 0. The van der Waals surface area contributed by atoms with E-state index < -0.39 is 0 Å². The molecule has 0 aliphatic carbocycles. The molecule has 0 spiro atoms. The lowest BCUT2D eigenvalue weighted by atomic mass is 9.82. The standard InChI is InChI=1S/C19H26N2OS/c1-18(2,3)13-19(4,5)21-16(22)12-23-17-11-10-14-8-6-7-9-15(14)20-17/h6-11H,12-13H2,1-5H3,(H,21,22). The predicted molar refractivity (Wildman–Crippen MR) is 98.8 cm³/mol. The van der Waals surface area contributed by atoms with Crippen LogP contribution in [0.1, 0.15) is 41.0 Å². The molecule has 1 N–H and O–H groups in total. The summed E-state index contributed by atoms with van der Waals surface area (Å²) < 4.78 is 0. The number of nitrogens with one attached hydrogen (secondary N) is 1. The van der Waals surface area contributed by atoms with Gasteiger partial charge in [0, 0.05) is 10.9 Å². The molecule has 0 fully saturated rings. The molecule has 0 bridgehead atoms. The van der Waals surface area contributed by atoms with Crippen molar-refractivity contribution in [1.29, 1.82) is 0 Å². The van der Waals surface area contributed by atoms with Crippen LogP contribution < -0.4 is 5.32 Å². The molecule has 0 aliphatic heterocycles. The zero-order chi connectivity index (χ0) is 17.1. The number of rotatable bonds is 5. The van der Waals surface area contributed by atoms with E-state index in [1.807, 2.05) is 36.4 Å². The summed E-state index contributed by atoms with van der Waals surface area (Å²) >= 11 is 1.48. The van der Waals surface area contributed by atoms with E-state index in [0.29, 0.717) is 5.75 Å². The van der Waals surface area contributed by atoms with Crippen molar-refractivity contribution in [2.75, 3.05) is 5.75 Å². The van der Waals surface area contributed by atoms with Gasteiger partial charge < -0.3 is 5.32 Å². The van der Waals surface area contributed by atoms with Crippen LogP contribution in [-0.4, -0.2) is 22.2 Å². The maximum atomic E-state index is 12.2. The van der Waals surface area contributed by atoms with E-state index >= 15 is 0 Å². The average Bonchev–Trinajstić information content (AvgIpc) is 2.41. The molecule has 0 radical (unpaired) electrons. The van der Waals surface area contributed by atoms with Gasteiger partial charge in [-0.1, -0.05) is 56.8 Å². The first kappa shape index (κ1) is 17.8. The van der Waals surface area contributed by atoms with Crippen molar-refractivity contribution >= 4 is 28.6 Å². The summed E-state index contributed by atoms with van der Waals surface area (Å²) in [5, 5.41) is 5.13. The van der Waals surface area contributed by atoms with Crippen LogP contribution in [-0.2, 0) is 4.79 Å². The van der Waals surface area contributed by atoms with E-state index in [-0.39, 0.29) is 16.9 Å². The van der Waals surface area contributed by atoms with Gasteiger partial charge in [-0.05, 0) is 37.8 Å². The average molecular weight is 330 g/mol. The summed E-state index contributed by atoms with van der Waals surface area (Å²) in [5.41, 5.74) is 0.947. The Bertz CT molecular complexity index is 689. The molecule has 2 rings (SSSR count). The van der Waals surface area contributed by atoms with E-state index in [2.05, 4.69) is 44.9 Å². The highest BCUT2D eigenvalue weighted by molar-refractivity contribution is 7.99. The second-order valence-corrected chi connectivity index (χ2v) is 8.80. The normalized spacial score (nSPS) is 12.4. The van der Waals surface area contributed by atoms with Gasteiger partial charge in [-0.2, -0.15) is 0 Å². The second-order valence-electron chi connectivity index (χ2n) is 7.80. The maximum absolute atomic E-state index is 12.2. The highest BCUT2D eigenvalue weighted by Gasteiger charge is 2.26. The molecular formula is C19H26N2OS. The molecule has 1 aromatic heterocycles. The number of hydrogen-bond acceptors (Lipinski definition) is 3. The van der Waals surface area contributed by atoms with E-state index in [0.717, 1.165) is 22.3 Å². The van der Waals surface area contributed by atoms with Crippen molar-refractivity contribution in [1.82, 2.24) is 10.3 Å². The second kappa shape index (κ2) is 6.91. The first-order valence-corrected chi connectivity index (χ1v) is 8.93. The lowest BCUT2D eigenvalue weighted by molar-refractivity contribution is -0.120. The number of amides is 1. The molecule has 1 aromatic carbocycles. The number of carbonyl (C=O) groups excluding carboxylic acids is 1. The van der Waals surface area contributed by atoms with Crippen molar-refractivity contribution in [3.8, 4) is 0 Å². The highest BCUT2D eigenvalue weighted by atomic mass is 32.2. The van der Waals surface area contributed by atoms with Crippen LogP contribution >= 0.6 is 11.8 Å².